The number of furan rings is 1. The Balaban J connectivity index is 2.00. The first-order chi connectivity index (χ1) is 8.36. The molecule has 0 saturated carbocycles. The number of fused-ring (bicyclic) bond motifs is 1. The summed E-state index contributed by atoms with van der Waals surface area (Å²) in [5.41, 5.74) is 3.05. The lowest BCUT2D eigenvalue weighted by atomic mass is 9.92. The first-order valence-electron chi connectivity index (χ1n) is 6.05. The van der Waals surface area contributed by atoms with Crippen LogP contribution in [-0.2, 0) is 12.8 Å². The van der Waals surface area contributed by atoms with Gasteiger partial charge in [-0.1, -0.05) is 30.3 Å². The topological polar surface area (TPSA) is 30.2 Å². The van der Waals surface area contributed by atoms with Crippen LogP contribution in [0.5, 0.6) is 0 Å². The maximum absolute atomic E-state index is 12.3. The third kappa shape index (κ3) is 1.80. The van der Waals surface area contributed by atoms with Crippen molar-refractivity contribution in [3.63, 3.8) is 0 Å². The summed E-state index contributed by atoms with van der Waals surface area (Å²) in [4.78, 5) is 12.3. The summed E-state index contributed by atoms with van der Waals surface area (Å²) >= 11 is 0. The van der Waals surface area contributed by atoms with Crippen LogP contribution in [0, 0.1) is 0 Å². The largest absolute Gasteiger partial charge is 0.460 e. The minimum Gasteiger partial charge on any atom is -0.460 e. The van der Waals surface area contributed by atoms with Crippen molar-refractivity contribution in [2.75, 3.05) is 0 Å². The molecule has 0 aliphatic heterocycles. The Morgan fingerprint density at radius 3 is 2.65 bits per heavy atom. The van der Waals surface area contributed by atoms with Crippen molar-refractivity contribution in [2.45, 2.75) is 25.7 Å². The second-order valence-corrected chi connectivity index (χ2v) is 4.47. The highest BCUT2D eigenvalue weighted by molar-refractivity contribution is 6.08. The highest BCUT2D eigenvalue weighted by Gasteiger charge is 2.22. The van der Waals surface area contributed by atoms with E-state index in [9.17, 15) is 4.79 Å². The van der Waals surface area contributed by atoms with E-state index >= 15 is 0 Å². The van der Waals surface area contributed by atoms with Gasteiger partial charge in [0.15, 0.2) is 5.76 Å². The summed E-state index contributed by atoms with van der Waals surface area (Å²) in [5.74, 6) is 0.555. The van der Waals surface area contributed by atoms with Crippen molar-refractivity contribution in [2.24, 2.45) is 0 Å². The van der Waals surface area contributed by atoms with Crippen molar-refractivity contribution in [3.05, 3.63) is 59.0 Å². The Labute approximate surface area is 100 Å². The van der Waals surface area contributed by atoms with Gasteiger partial charge in [0.05, 0.1) is 6.26 Å². The number of aryl methyl sites for hydroxylation is 1. The molecule has 1 aromatic carbocycles. The van der Waals surface area contributed by atoms with E-state index in [4.69, 9.17) is 4.42 Å². The molecule has 0 bridgehead atoms. The number of hydrogen-bond donors (Lipinski definition) is 0. The molecule has 1 aromatic heterocycles. The Morgan fingerprint density at radius 1 is 1.06 bits per heavy atom. The zero-order chi connectivity index (χ0) is 11.7. The van der Waals surface area contributed by atoms with Crippen molar-refractivity contribution in [1.82, 2.24) is 0 Å². The van der Waals surface area contributed by atoms with E-state index in [1.54, 1.807) is 6.26 Å². The summed E-state index contributed by atoms with van der Waals surface area (Å²) < 4.78 is 5.48. The summed E-state index contributed by atoms with van der Waals surface area (Å²) in [6, 6.07) is 9.33. The lowest BCUT2D eigenvalue weighted by Gasteiger charge is -2.10. The number of carbonyl (C=O) groups excluding carboxylic acids is 1. The smallest absolute Gasteiger partial charge is 0.228 e. The molecule has 2 heteroatoms. The van der Waals surface area contributed by atoms with Gasteiger partial charge in [-0.25, -0.2) is 0 Å². The molecule has 0 N–H and O–H groups in total. The van der Waals surface area contributed by atoms with Crippen molar-refractivity contribution in [1.29, 1.82) is 0 Å². The number of rotatable bonds is 2. The molecule has 1 aliphatic carbocycles. The second kappa shape index (κ2) is 4.21. The minimum atomic E-state index is 0.00810. The van der Waals surface area contributed by atoms with Crippen LogP contribution in [0.25, 0.3) is 0 Å². The van der Waals surface area contributed by atoms with E-state index in [0.717, 1.165) is 24.8 Å². The SMILES string of the molecule is O=C(c1ccccc1)c1occ2c1CCCC2. The number of ketones is 1. The lowest BCUT2D eigenvalue weighted by Crippen LogP contribution is -2.07. The Hall–Kier alpha value is -1.83. The van der Waals surface area contributed by atoms with Crippen LogP contribution in [-0.4, -0.2) is 5.78 Å². The van der Waals surface area contributed by atoms with Crippen LogP contribution in [0.1, 0.15) is 40.1 Å². The molecule has 1 heterocycles. The van der Waals surface area contributed by atoms with Crippen LogP contribution >= 0.6 is 0 Å². The fraction of sp³-hybridized carbons (Fsp3) is 0.267. The fourth-order valence-corrected chi connectivity index (χ4v) is 2.43. The van der Waals surface area contributed by atoms with Crippen LogP contribution in [0.15, 0.2) is 41.0 Å². The van der Waals surface area contributed by atoms with Gasteiger partial charge < -0.3 is 4.42 Å². The van der Waals surface area contributed by atoms with E-state index in [2.05, 4.69) is 0 Å². The molecule has 0 radical (unpaired) electrons. The minimum absolute atomic E-state index is 0.00810. The van der Waals surface area contributed by atoms with Gasteiger partial charge in [-0.15, -0.1) is 0 Å². The molecule has 2 nitrogen and oxygen atoms in total. The third-order valence-electron chi connectivity index (χ3n) is 3.35. The third-order valence-corrected chi connectivity index (χ3v) is 3.35. The molecular weight excluding hydrogens is 212 g/mol. The molecule has 0 atom stereocenters. The number of hydrogen-bond acceptors (Lipinski definition) is 2. The predicted molar refractivity (Wildman–Crippen MR) is 65.2 cm³/mol. The molecule has 0 fully saturated rings. The maximum Gasteiger partial charge on any atom is 0.228 e. The number of benzene rings is 1. The lowest BCUT2D eigenvalue weighted by molar-refractivity contribution is 0.101. The van der Waals surface area contributed by atoms with Gasteiger partial charge in [0.2, 0.25) is 5.78 Å². The van der Waals surface area contributed by atoms with E-state index < -0.39 is 0 Å². The van der Waals surface area contributed by atoms with Gasteiger partial charge in [0.25, 0.3) is 0 Å². The summed E-state index contributed by atoms with van der Waals surface area (Å²) in [6.45, 7) is 0. The molecule has 0 saturated heterocycles. The van der Waals surface area contributed by atoms with Gasteiger partial charge in [-0.05, 0) is 31.2 Å². The summed E-state index contributed by atoms with van der Waals surface area (Å²) in [6.07, 6.45) is 6.12. The van der Waals surface area contributed by atoms with E-state index in [1.807, 2.05) is 30.3 Å². The van der Waals surface area contributed by atoms with Gasteiger partial charge in [-0.3, -0.25) is 4.79 Å². The standard InChI is InChI=1S/C15H14O2/c16-14(11-6-2-1-3-7-11)15-13-9-5-4-8-12(13)10-17-15/h1-3,6-7,10H,4-5,8-9H2. The van der Waals surface area contributed by atoms with Crippen molar-refractivity contribution >= 4 is 5.78 Å². The molecule has 0 amide bonds. The van der Waals surface area contributed by atoms with Gasteiger partial charge in [0, 0.05) is 11.1 Å². The van der Waals surface area contributed by atoms with E-state index in [-0.39, 0.29) is 5.78 Å². The summed E-state index contributed by atoms with van der Waals surface area (Å²) in [5, 5.41) is 0. The van der Waals surface area contributed by atoms with Crippen LogP contribution in [0.2, 0.25) is 0 Å². The van der Waals surface area contributed by atoms with E-state index in [0.29, 0.717) is 11.3 Å². The first-order valence-corrected chi connectivity index (χ1v) is 6.05. The highest BCUT2D eigenvalue weighted by atomic mass is 16.3. The van der Waals surface area contributed by atoms with Gasteiger partial charge >= 0.3 is 0 Å². The van der Waals surface area contributed by atoms with E-state index in [1.165, 1.54) is 12.0 Å². The van der Waals surface area contributed by atoms with Crippen molar-refractivity contribution in [3.8, 4) is 0 Å². The number of carbonyl (C=O) groups is 1. The molecule has 17 heavy (non-hydrogen) atoms. The average molecular weight is 226 g/mol. The molecule has 2 aromatic rings. The summed E-state index contributed by atoms with van der Waals surface area (Å²) in [7, 11) is 0. The zero-order valence-corrected chi connectivity index (χ0v) is 9.61. The normalized spacial score (nSPS) is 14.4. The molecule has 0 unspecified atom stereocenters. The first kappa shape index (κ1) is 10.3. The Kier molecular flexibility index (Phi) is 2.56. The van der Waals surface area contributed by atoms with Gasteiger partial charge in [0.1, 0.15) is 0 Å². The fourth-order valence-electron chi connectivity index (χ4n) is 2.43. The molecular formula is C15H14O2. The molecule has 3 rings (SSSR count). The highest BCUT2D eigenvalue weighted by Crippen LogP contribution is 2.27. The molecule has 86 valence electrons. The van der Waals surface area contributed by atoms with Crippen LogP contribution in [0.3, 0.4) is 0 Å². The molecule has 0 spiro atoms. The van der Waals surface area contributed by atoms with Crippen LogP contribution in [0.4, 0.5) is 0 Å². The Bertz CT molecular complexity index is 537. The average Bonchev–Trinajstić information content (AvgIpc) is 2.83. The maximum atomic E-state index is 12.3. The monoisotopic (exact) mass is 226 g/mol. The van der Waals surface area contributed by atoms with Crippen LogP contribution < -0.4 is 0 Å². The zero-order valence-electron chi connectivity index (χ0n) is 9.61. The Morgan fingerprint density at radius 2 is 1.82 bits per heavy atom. The quantitative estimate of drug-likeness (QED) is 0.735. The second-order valence-electron chi connectivity index (χ2n) is 4.47. The van der Waals surface area contributed by atoms with Gasteiger partial charge in [-0.2, -0.15) is 0 Å². The molecule has 1 aliphatic rings. The predicted octanol–water partition coefficient (Wildman–Crippen LogP) is 3.39. The van der Waals surface area contributed by atoms with Crippen molar-refractivity contribution < 1.29 is 9.21 Å².